The molecule has 2 aliphatic heterocycles. The van der Waals surface area contributed by atoms with Crippen LogP contribution >= 0.6 is 0 Å². The Hall–Kier alpha value is -2.37. The third-order valence-electron chi connectivity index (χ3n) is 6.32. The lowest BCUT2D eigenvalue weighted by Gasteiger charge is -2.29. The first-order chi connectivity index (χ1) is 14.2. The Morgan fingerprint density at radius 2 is 1.31 bits per heavy atom. The Balaban J connectivity index is 1.33. The molecule has 0 amide bonds. The molecule has 2 aromatic carbocycles. The highest BCUT2D eigenvalue weighted by atomic mass is 16.5. The molecule has 2 fully saturated rings. The number of nitrogens with one attached hydrogen (secondary N) is 1. The Kier molecular flexibility index (Phi) is 5.02. The average Bonchev–Trinajstić information content (AvgIpc) is 3.02. The van der Waals surface area contributed by atoms with Crippen molar-refractivity contribution in [3.8, 4) is 22.6 Å². The van der Waals surface area contributed by atoms with Gasteiger partial charge in [-0.2, -0.15) is 0 Å². The van der Waals surface area contributed by atoms with Crippen molar-refractivity contribution in [2.24, 2.45) is 0 Å². The summed E-state index contributed by atoms with van der Waals surface area (Å²) in [6.07, 6.45) is 4.51. The van der Waals surface area contributed by atoms with Gasteiger partial charge in [0.15, 0.2) is 5.78 Å². The molecule has 1 N–H and O–H groups in total. The summed E-state index contributed by atoms with van der Waals surface area (Å²) >= 11 is 0. The normalized spacial score (nSPS) is 20.4. The van der Waals surface area contributed by atoms with Gasteiger partial charge in [-0.05, 0) is 93.3 Å². The van der Waals surface area contributed by atoms with Crippen molar-refractivity contribution in [3.05, 3.63) is 47.5 Å². The summed E-state index contributed by atoms with van der Waals surface area (Å²) in [7, 11) is 2.14. The van der Waals surface area contributed by atoms with Gasteiger partial charge < -0.3 is 19.7 Å². The van der Waals surface area contributed by atoms with Gasteiger partial charge in [0.05, 0.1) is 0 Å². The Morgan fingerprint density at radius 1 is 0.793 bits per heavy atom. The second-order valence-corrected chi connectivity index (χ2v) is 8.43. The second-order valence-electron chi connectivity index (χ2n) is 8.43. The lowest BCUT2D eigenvalue weighted by atomic mass is 10.0. The predicted molar refractivity (Wildman–Crippen MR) is 113 cm³/mol. The average molecular weight is 392 g/mol. The van der Waals surface area contributed by atoms with E-state index in [0.717, 1.165) is 85.6 Å². The molecule has 1 aliphatic carbocycles. The molecule has 0 aromatic heterocycles. The van der Waals surface area contributed by atoms with Crippen molar-refractivity contribution in [3.63, 3.8) is 0 Å². The number of ether oxygens (including phenoxy) is 2. The molecule has 29 heavy (non-hydrogen) atoms. The van der Waals surface area contributed by atoms with E-state index in [1.807, 2.05) is 36.4 Å². The summed E-state index contributed by atoms with van der Waals surface area (Å²) < 4.78 is 12.3. The second kappa shape index (κ2) is 7.81. The van der Waals surface area contributed by atoms with Gasteiger partial charge >= 0.3 is 0 Å². The topological polar surface area (TPSA) is 50.8 Å². The van der Waals surface area contributed by atoms with Gasteiger partial charge in [-0.1, -0.05) is 0 Å². The number of piperidine rings is 2. The first-order valence-corrected chi connectivity index (χ1v) is 10.7. The zero-order chi connectivity index (χ0) is 19.8. The molecule has 5 rings (SSSR count). The number of rotatable bonds is 4. The van der Waals surface area contributed by atoms with Crippen LogP contribution in [0.2, 0.25) is 0 Å². The number of likely N-dealkylation sites (tertiary alicyclic amines) is 1. The first-order valence-electron chi connectivity index (χ1n) is 10.7. The number of carbonyl (C=O) groups excluding carboxylic acids is 1. The molecular weight excluding hydrogens is 364 g/mol. The first kappa shape index (κ1) is 18.6. The van der Waals surface area contributed by atoms with E-state index in [9.17, 15) is 4.79 Å². The summed E-state index contributed by atoms with van der Waals surface area (Å²) in [5.41, 5.74) is 3.47. The lowest BCUT2D eigenvalue weighted by Crippen LogP contribution is -2.35. The van der Waals surface area contributed by atoms with E-state index in [1.54, 1.807) is 0 Å². The molecule has 0 spiro atoms. The van der Waals surface area contributed by atoms with Crippen molar-refractivity contribution in [2.75, 3.05) is 33.2 Å². The molecule has 152 valence electrons. The largest absolute Gasteiger partial charge is 0.490 e. The predicted octanol–water partition coefficient (Wildman–Crippen LogP) is 3.50. The highest BCUT2D eigenvalue weighted by molar-refractivity contribution is 6.22. The SMILES string of the molecule is CN1CCC(Oc2ccc3c(c2)C(=O)c2cc(OC4CCNCC4)ccc2-3)CC1. The van der Waals surface area contributed by atoms with Crippen LogP contribution in [0.3, 0.4) is 0 Å². The highest BCUT2D eigenvalue weighted by Crippen LogP contribution is 2.40. The highest BCUT2D eigenvalue weighted by Gasteiger charge is 2.29. The molecule has 0 bridgehead atoms. The molecule has 3 aliphatic rings. The van der Waals surface area contributed by atoms with Gasteiger partial charge in [0.1, 0.15) is 23.7 Å². The van der Waals surface area contributed by atoms with E-state index < -0.39 is 0 Å². The number of hydrogen-bond acceptors (Lipinski definition) is 5. The molecule has 2 saturated heterocycles. The van der Waals surface area contributed by atoms with Crippen LogP contribution in [0.5, 0.6) is 11.5 Å². The van der Waals surface area contributed by atoms with E-state index in [2.05, 4.69) is 17.3 Å². The van der Waals surface area contributed by atoms with Gasteiger partial charge in [0.25, 0.3) is 0 Å². The summed E-state index contributed by atoms with van der Waals surface area (Å²) in [6.45, 7) is 4.08. The molecule has 0 unspecified atom stereocenters. The summed E-state index contributed by atoms with van der Waals surface area (Å²) in [4.78, 5) is 15.4. The number of carbonyl (C=O) groups is 1. The van der Waals surface area contributed by atoms with Crippen LogP contribution in [-0.4, -0.2) is 56.1 Å². The fourth-order valence-corrected chi connectivity index (χ4v) is 4.58. The standard InChI is InChI=1S/C24H28N2O3/c1-26-12-8-17(9-13-26)29-19-3-5-21-20-4-2-18(28-16-6-10-25-11-7-16)14-22(20)24(27)23(21)15-19/h2-5,14-17,25H,6-13H2,1H3. The number of benzene rings is 2. The minimum Gasteiger partial charge on any atom is -0.490 e. The quantitative estimate of drug-likeness (QED) is 0.736. The third kappa shape index (κ3) is 3.77. The van der Waals surface area contributed by atoms with Crippen LogP contribution in [0.25, 0.3) is 11.1 Å². The number of fused-ring (bicyclic) bond motifs is 3. The molecule has 5 heteroatoms. The molecule has 0 radical (unpaired) electrons. The van der Waals surface area contributed by atoms with E-state index in [1.165, 1.54) is 0 Å². The van der Waals surface area contributed by atoms with Crippen LogP contribution < -0.4 is 14.8 Å². The van der Waals surface area contributed by atoms with E-state index in [0.29, 0.717) is 0 Å². The monoisotopic (exact) mass is 392 g/mol. The zero-order valence-corrected chi connectivity index (χ0v) is 16.9. The van der Waals surface area contributed by atoms with E-state index in [-0.39, 0.29) is 18.0 Å². The van der Waals surface area contributed by atoms with Gasteiger partial charge in [-0.3, -0.25) is 4.79 Å². The van der Waals surface area contributed by atoms with Crippen LogP contribution in [0.15, 0.2) is 36.4 Å². The Bertz CT molecular complexity index is 912. The summed E-state index contributed by atoms with van der Waals surface area (Å²) in [5.74, 6) is 1.66. The molecule has 0 saturated carbocycles. The Labute approximate surface area is 172 Å². The van der Waals surface area contributed by atoms with Crippen LogP contribution in [0.1, 0.15) is 41.6 Å². The van der Waals surface area contributed by atoms with Crippen molar-refractivity contribution in [2.45, 2.75) is 37.9 Å². The fourth-order valence-electron chi connectivity index (χ4n) is 4.58. The molecule has 2 aromatic rings. The molecular formula is C24H28N2O3. The Morgan fingerprint density at radius 3 is 1.86 bits per heavy atom. The fraction of sp³-hybridized carbons (Fsp3) is 0.458. The lowest BCUT2D eigenvalue weighted by molar-refractivity contribution is 0.103. The van der Waals surface area contributed by atoms with Crippen LogP contribution in [0, 0.1) is 0 Å². The minimum atomic E-state index is 0.0691. The summed E-state index contributed by atoms with van der Waals surface area (Å²) in [6, 6.07) is 11.9. The third-order valence-corrected chi connectivity index (χ3v) is 6.32. The van der Waals surface area contributed by atoms with Crippen molar-refractivity contribution in [1.29, 1.82) is 0 Å². The van der Waals surface area contributed by atoms with Gasteiger partial charge in [0, 0.05) is 24.2 Å². The van der Waals surface area contributed by atoms with Gasteiger partial charge in [-0.15, -0.1) is 0 Å². The molecule has 5 nitrogen and oxygen atoms in total. The smallest absolute Gasteiger partial charge is 0.194 e. The van der Waals surface area contributed by atoms with Crippen LogP contribution in [0.4, 0.5) is 0 Å². The van der Waals surface area contributed by atoms with Crippen molar-refractivity contribution >= 4 is 5.78 Å². The van der Waals surface area contributed by atoms with Crippen LogP contribution in [-0.2, 0) is 0 Å². The van der Waals surface area contributed by atoms with Gasteiger partial charge in [-0.25, -0.2) is 0 Å². The maximum absolute atomic E-state index is 13.1. The number of nitrogens with zero attached hydrogens (tertiary/aromatic N) is 1. The minimum absolute atomic E-state index is 0.0691. The maximum Gasteiger partial charge on any atom is 0.194 e. The van der Waals surface area contributed by atoms with E-state index >= 15 is 0 Å². The number of ketones is 1. The van der Waals surface area contributed by atoms with E-state index in [4.69, 9.17) is 9.47 Å². The molecule has 0 atom stereocenters. The van der Waals surface area contributed by atoms with Gasteiger partial charge in [0.2, 0.25) is 0 Å². The molecule has 2 heterocycles. The summed E-state index contributed by atoms with van der Waals surface area (Å²) in [5, 5.41) is 3.35. The number of hydrogen-bond donors (Lipinski definition) is 1. The van der Waals surface area contributed by atoms with Crippen molar-refractivity contribution < 1.29 is 14.3 Å². The maximum atomic E-state index is 13.1. The van der Waals surface area contributed by atoms with Crippen molar-refractivity contribution in [1.82, 2.24) is 10.2 Å². The zero-order valence-electron chi connectivity index (χ0n) is 16.9.